The molecular weight excluding hydrogens is 302 g/mol. The van der Waals surface area contributed by atoms with E-state index in [0.717, 1.165) is 11.3 Å². The van der Waals surface area contributed by atoms with Crippen LogP contribution in [-0.2, 0) is 4.74 Å². The molecule has 2 aromatic carbocycles. The van der Waals surface area contributed by atoms with Crippen molar-refractivity contribution in [2.75, 3.05) is 19.7 Å². The van der Waals surface area contributed by atoms with Gasteiger partial charge in [-0.15, -0.1) is 0 Å². The molecule has 1 amide bonds. The highest BCUT2D eigenvalue weighted by atomic mass is 16.5. The van der Waals surface area contributed by atoms with Gasteiger partial charge in [0.05, 0.1) is 19.3 Å². The second-order valence-electron chi connectivity index (χ2n) is 6.21. The molecule has 1 atom stereocenters. The first kappa shape index (κ1) is 16.5. The van der Waals surface area contributed by atoms with Crippen molar-refractivity contribution >= 4 is 5.91 Å². The van der Waals surface area contributed by atoms with Crippen LogP contribution < -0.4 is 4.74 Å². The van der Waals surface area contributed by atoms with Crippen LogP contribution in [0.25, 0.3) is 0 Å². The third-order valence-corrected chi connectivity index (χ3v) is 4.00. The molecule has 4 heteroatoms. The molecule has 1 aliphatic heterocycles. The Morgan fingerprint density at radius 3 is 2.50 bits per heavy atom. The number of ether oxygens (including phenoxy) is 2. The summed E-state index contributed by atoms with van der Waals surface area (Å²) in [4.78, 5) is 14.6. The second kappa shape index (κ2) is 7.49. The number of carbonyl (C=O) groups is 1. The van der Waals surface area contributed by atoms with Gasteiger partial charge in [-0.25, -0.2) is 0 Å². The molecule has 3 rings (SSSR count). The van der Waals surface area contributed by atoms with E-state index in [4.69, 9.17) is 9.47 Å². The lowest BCUT2D eigenvalue weighted by atomic mass is 10.1. The molecule has 0 saturated carbocycles. The van der Waals surface area contributed by atoms with Gasteiger partial charge in [0, 0.05) is 12.1 Å². The zero-order valence-electron chi connectivity index (χ0n) is 14.1. The summed E-state index contributed by atoms with van der Waals surface area (Å²) in [6.07, 6.45) is 0.0601. The summed E-state index contributed by atoms with van der Waals surface area (Å²) in [5, 5.41) is 0. The summed E-state index contributed by atoms with van der Waals surface area (Å²) < 4.78 is 11.5. The number of carbonyl (C=O) groups excluding carboxylic acids is 1. The van der Waals surface area contributed by atoms with Gasteiger partial charge in [-0.05, 0) is 43.7 Å². The van der Waals surface area contributed by atoms with Crippen molar-refractivity contribution in [1.29, 1.82) is 0 Å². The Morgan fingerprint density at radius 1 is 1.12 bits per heavy atom. The molecule has 1 aliphatic rings. The van der Waals surface area contributed by atoms with E-state index >= 15 is 0 Å². The van der Waals surface area contributed by atoms with Crippen molar-refractivity contribution in [3.05, 3.63) is 65.7 Å². The van der Waals surface area contributed by atoms with Crippen molar-refractivity contribution in [2.24, 2.45) is 0 Å². The molecule has 4 nitrogen and oxygen atoms in total. The quantitative estimate of drug-likeness (QED) is 0.860. The lowest BCUT2D eigenvalue weighted by Gasteiger charge is -2.33. The molecule has 0 radical (unpaired) electrons. The van der Waals surface area contributed by atoms with Crippen molar-refractivity contribution in [1.82, 2.24) is 4.90 Å². The highest BCUT2D eigenvalue weighted by molar-refractivity contribution is 5.94. The van der Waals surface area contributed by atoms with Crippen molar-refractivity contribution < 1.29 is 14.3 Å². The molecule has 0 N–H and O–H groups in total. The van der Waals surface area contributed by atoms with Crippen molar-refractivity contribution in [3.8, 4) is 5.75 Å². The Bertz CT molecular complexity index is 667. The van der Waals surface area contributed by atoms with Gasteiger partial charge >= 0.3 is 0 Å². The van der Waals surface area contributed by atoms with E-state index in [1.165, 1.54) is 0 Å². The minimum atomic E-state index is -0.0625. The lowest BCUT2D eigenvalue weighted by molar-refractivity contribution is -0.0228. The molecule has 0 spiro atoms. The standard InChI is InChI=1S/C20H23NO3/c1-15(2)24-18-10-8-17(9-11-18)20(22)21-12-13-23-19(14-21)16-6-4-3-5-7-16/h3-11,15,19H,12-14H2,1-2H3. The van der Waals surface area contributed by atoms with Gasteiger partial charge in [0.2, 0.25) is 0 Å². The van der Waals surface area contributed by atoms with Gasteiger partial charge in [-0.1, -0.05) is 30.3 Å². The summed E-state index contributed by atoms with van der Waals surface area (Å²) >= 11 is 0. The number of morpholine rings is 1. The molecule has 2 aromatic rings. The Labute approximate surface area is 143 Å². The van der Waals surface area contributed by atoms with Gasteiger partial charge in [0.15, 0.2) is 0 Å². The van der Waals surface area contributed by atoms with Crippen LogP contribution in [0.3, 0.4) is 0 Å². The molecule has 1 fully saturated rings. The summed E-state index contributed by atoms with van der Waals surface area (Å²) in [5.74, 6) is 0.820. The second-order valence-corrected chi connectivity index (χ2v) is 6.21. The third kappa shape index (κ3) is 3.95. The van der Waals surface area contributed by atoms with Crippen LogP contribution in [0.5, 0.6) is 5.75 Å². The average molecular weight is 325 g/mol. The van der Waals surface area contributed by atoms with E-state index in [1.54, 1.807) is 0 Å². The number of hydrogen-bond acceptors (Lipinski definition) is 3. The fourth-order valence-electron chi connectivity index (χ4n) is 2.83. The fourth-order valence-corrected chi connectivity index (χ4v) is 2.83. The van der Waals surface area contributed by atoms with E-state index in [0.29, 0.717) is 25.3 Å². The van der Waals surface area contributed by atoms with Crippen molar-refractivity contribution in [3.63, 3.8) is 0 Å². The van der Waals surface area contributed by atoms with Crippen molar-refractivity contribution in [2.45, 2.75) is 26.1 Å². The van der Waals surface area contributed by atoms with E-state index in [2.05, 4.69) is 0 Å². The summed E-state index contributed by atoms with van der Waals surface area (Å²) in [7, 11) is 0. The molecule has 1 unspecified atom stereocenters. The van der Waals surface area contributed by atoms with Crippen LogP contribution in [0, 0.1) is 0 Å². The first-order chi connectivity index (χ1) is 11.6. The van der Waals surface area contributed by atoms with E-state index in [1.807, 2.05) is 73.3 Å². The van der Waals surface area contributed by atoms with Crippen LogP contribution in [0.4, 0.5) is 0 Å². The van der Waals surface area contributed by atoms with E-state index in [-0.39, 0.29) is 18.1 Å². The van der Waals surface area contributed by atoms with Gasteiger partial charge in [-0.2, -0.15) is 0 Å². The maximum Gasteiger partial charge on any atom is 0.254 e. The SMILES string of the molecule is CC(C)Oc1ccc(C(=O)N2CCOC(c3ccccc3)C2)cc1. The van der Waals surface area contributed by atoms with Gasteiger partial charge in [0.1, 0.15) is 11.9 Å². The van der Waals surface area contributed by atoms with Gasteiger partial charge < -0.3 is 14.4 Å². The molecule has 1 heterocycles. The predicted octanol–water partition coefficient (Wildman–Crippen LogP) is 3.69. The van der Waals surface area contributed by atoms with Crippen LogP contribution in [0.1, 0.15) is 35.9 Å². The topological polar surface area (TPSA) is 38.8 Å². The monoisotopic (exact) mass is 325 g/mol. The highest BCUT2D eigenvalue weighted by Gasteiger charge is 2.26. The Kier molecular flexibility index (Phi) is 5.16. The maximum absolute atomic E-state index is 12.7. The Hall–Kier alpha value is -2.33. The van der Waals surface area contributed by atoms with E-state index < -0.39 is 0 Å². The largest absolute Gasteiger partial charge is 0.491 e. The molecule has 24 heavy (non-hydrogen) atoms. The molecule has 0 bridgehead atoms. The van der Waals surface area contributed by atoms with Crippen LogP contribution in [0.2, 0.25) is 0 Å². The number of rotatable bonds is 4. The molecule has 126 valence electrons. The number of nitrogens with zero attached hydrogens (tertiary/aromatic N) is 1. The summed E-state index contributed by atoms with van der Waals surface area (Å²) in [5.41, 5.74) is 1.79. The molecule has 0 aliphatic carbocycles. The Balaban J connectivity index is 1.68. The number of benzene rings is 2. The van der Waals surface area contributed by atoms with Crippen LogP contribution >= 0.6 is 0 Å². The molecular formula is C20H23NO3. The smallest absolute Gasteiger partial charge is 0.254 e. The first-order valence-electron chi connectivity index (χ1n) is 8.36. The normalized spacial score (nSPS) is 17.8. The van der Waals surface area contributed by atoms with Crippen LogP contribution in [0.15, 0.2) is 54.6 Å². The van der Waals surface area contributed by atoms with Crippen LogP contribution in [-0.4, -0.2) is 36.6 Å². The maximum atomic E-state index is 12.7. The summed E-state index contributed by atoms with van der Waals surface area (Å²) in [6, 6.07) is 17.4. The first-order valence-corrected chi connectivity index (χ1v) is 8.36. The zero-order valence-corrected chi connectivity index (χ0v) is 14.1. The van der Waals surface area contributed by atoms with Gasteiger partial charge in [0.25, 0.3) is 5.91 Å². The minimum Gasteiger partial charge on any atom is -0.491 e. The highest BCUT2D eigenvalue weighted by Crippen LogP contribution is 2.23. The number of amides is 1. The zero-order chi connectivity index (χ0) is 16.9. The number of hydrogen-bond donors (Lipinski definition) is 0. The molecule has 0 aromatic heterocycles. The lowest BCUT2D eigenvalue weighted by Crippen LogP contribution is -2.42. The fraction of sp³-hybridized carbons (Fsp3) is 0.350. The van der Waals surface area contributed by atoms with Gasteiger partial charge in [-0.3, -0.25) is 4.79 Å². The minimum absolute atomic E-state index is 0.0373. The predicted molar refractivity (Wildman–Crippen MR) is 93.2 cm³/mol. The average Bonchev–Trinajstić information content (AvgIpc) is 2.62. The van der Waals surface area contributed by atoms with E-state index in [9.17, 15) is 4.79 Å². The summed E-state index contributed by atoms with van der Waals surface area (Å²) in [6.45, 7) is 5.71. The third-order valence-electron chi connectivity index (χ3n) is 4.00. The Morgan fingerprint density at radius 2 is 1.83 bits per heavy atom. The molecule has 1 saturated heterocycles.